The lowest BCUT2D eigenvalue weighted by Gasteiger charge is -2.23. The summed E-state index contributed by atoms with van der Waals surface area (Å²) in [5.74, 6) is 0.488. The smallest absolute Gasteiger partial charge is 0.123 e. The van der Waals surface area contributed by atoms with Gasteiger partial charge >= 0.3 is 0 Å². The van der Waals surface area contributed by atoms with Gasteiger partial charge in [0.1, 0.15) is 11.6 Å². The van der Waals surface area contributed by atoms with Crippen molar-refractivity contribution in [3.05, 3.63) is 29.6 Å². The molecule has 0 aliphatic rings. The van der Waals surface area contributed by atoms with Crippen LogP contribution in [0, 0.1) is 5.82 Å². The van der Waals surface area contributed by atoms with E-state index in [2.05, 4.69) is 19.2 Å². The molecule has 1 aromatic carbocycles. The van der Waals surface area contributed by atoms with Gasteiger partial charge in [-0.25, -0.2) is 4.39 Å². The number of nitrogens with one attached hydrogen (secondary N) is 1. The molecule has 0 aromatic heterocycles. The second-order valence-corrected chi connectivity index (χ2v) is 5.85. The van der Waals surface area contributed by atoms with E-state index in [0.29, 0.717) is 19.2 Å². The van der Waals surface area contributed by atoms with Crippen LogP contribution in [0.5, 0.6) is 5.75 Å². The number of hydrogen-bond donors (Lipinski definition) is 1. The van der Waals surface area contributed by atoms with Gasteiger partial charge in [-0.1, -0.05) is 13.8 Å². The molecular weight excluding hydrogens is 257 g/mol. The van der Waals surface area contributed by atoms with E-state index in [4.69, 9.17) is 9.47 Å². The molecule has 0 atom stereocenters. The summed E-state index contributed by atoms with van der Waals surface area (Å²) >= 11 is 0. The fraction of sp³-hybridized carbons (Fsp3) is 0.625. The van der Waals surface area contributed by atoms with Crippen LogP contribution in [0.1, 0.15) is 39.7 Å². The predicted octanol–water partition coefficient (Wildman–Crippen LogP) is 3.52. The molecule has 1 rings (SSSR count). The Morgan fingerprint density at radius 1 is 1.30 bits per heavy atom. The molecule has 3 nitrogen and oxygen atoms in total. The van der Waals surface area contributed by atoms with Gasteiger partial charge in [0.2, 0.25) is 0 Å². The third kappa shape index (κ3) is 5.88. The molecule has 0 radical (unpaired) electrons. The Kier molecular flexibility index (Phi) is 6.43. The minimum absolute atomic E-state index is 0.212. The molecule has 0 bridgehead atoms. The summed E-state index contributed by atoms with van der Waals surface area (Å²) in [7, 11) is 1.69. The number of halogens is 1. The van der Waals surface area contributed by atoms with E-state index in [1.165, 1.54) is 12.1 Å². The van der Waals surface area contributed by atoms with Crippen molar-refractivity contribution in [2.24, 2.45) is 0 Å². The predicted molar refractivity (Wildman–Crippen MR) is 79.6 cm³/mol. The number of hydrogen-bond acceptors (Lipinski definition) is 3. The SMILES string of the molecule is COC(C)(C)CCOc1ccc(F)cc1CNC(C)C. The van der Waals surface area contributed by atoms with E-state index in [1.54, 1.807) is 13.2 Å². The van der Waals surface area contributed by atoms with E-state index < -0.39 is 0 Å². The van der Waals surface area contributed by atoms with Gasteiger partial charge in [-0.3, -0.25) is 0 Å². The largest absolute Gasteiger partial charge is 0.493 e. The highest BCUT2D eigenvalue weighted by atomic mass is 19.1. The molecule has 0 saturated carbocycles. The second-order valence-electron chi connectivity index (χ2n) is 5.85. The van der Waals surface area contributed by atoms with Crippen LogP contribution in [0.3, 0.4) is 0 Å². The molecule has 1 N–H and O–H groups in total. The molecule has 0 spiro atoms. The molecule has 0 unspecified atom stereocenters. The molecule has 0 aliphatic heterocycles. The fourth-order valence-corrected chi connectivity index (χ4v) is 1.65. The maximum absolute atomic E-state index is 13.3. The van der Waals surface area contributed by atoms with Crippen molar-refractivity contribution < 1.29 is 13.9 Å². The Hall–Kier alpha value is -1.13. The Labute approximate surface area is 121 Å². The van der Waals surface area contributed by atoms with Crippen molar-refractivity contribution in [2.75, 3.05) is 13.7 Å². The first kappa shape index (κ1) is 16.9. The lowest BCUT2D eigenvalue weighted by Crippen LogP contribution is -2.25. The molecule has 0 fully saturated rings. The summed E-state index contributed by atoms with van der Waals surface area (Å²) < 4.78 is 24.5. The van der Waals surface area contributed by atoms with E-state index in [0.717, 1.165) is 17.7 Å². The van der Waals surface area contributed by atoms with Crippen LogP contribution in [0.2, 0.25) is 0 Å². The van der Waals surface area contributed by atoms with Crippen LogP contribution in [0.4, 0.5) is 4.39 Å². The third-order valence-corrected chi connectivity index (χ3v) is 3.24. The summed E-state index contributed by atoms with van der Waals surface area (Å²) in [6.45, 7) is 9.28. The van der Waals surface area contributed by atoms with Crippen molar-refractivity contribution in [3.63, 3.8) is 0 Å². The zero-order valence-electron chi connectivity index (χ0n) is 13.1. The van der Waals surface area contributed by atoms with Crippen LogP contribution in [-0.2, 0) is 11.3 Å². The van der Waals surface area contributed by atoms with Crippen molar-refractivity contribution in [1.29, 1.82) is 0 Å². The first-order chi connectivity index (χ1) is 9.34. The van der Waals surface area contributed by atoms with Crippen molar-refractivity contribution in [3.8, 4) is 5.75 Å². The third-order valence-electron chi connectivity index (χ3n) is 3.24. The van der Waals surface area contributed by atoms with Crippen LogP contribution in [0.15, 0.2) is 18.2 Å². The Balaban J connectivity index is 2.64. The molecule has 0 heterocycles. The molecule has 114 valence electrons. The van der Waals surface area contributed by atoms with Gasteiger partial charge < -0.3 is 14.8 Å². The van der Waals surface area contributed by atoms with Gasteiger partial charge in [0.15, 0.2) is 0 Å². The normalized spacial score (nSPS) is 11.9. The number of ether oxygens (including phenoxy) is 2. The maximum Gasteiger partial charge on any atom is 0.123 e. The zero-order chi connectivity index (χ0) is 15.2. The molecule has 1 aromatic rings. The van der Waals surface area contributed by atoms with Gasteiger partial charge in [0, 0.05) is 31.7 Å². The Morgan fingerprint density at radius 3 is 2.60 bits per heavy atom. The quantitative estimate of drug-likeness (QED) is 0.792. The Bertz CT molecular complexity index is 419. The van der Waals surface area contributed by atoms with E-state index in [1.807, 2.05) is 13.8 Å². The Morgan fingerprint density at radius 2 is 2.00 bits per heavy atom. The second kappa shape index (κ2) is 7.60. The standard InChI is InChI=1S/C16H26FNO2/c1-12(2)18-11-13-10-14(17)6-7-15(13)20-9-8-16(3,4)19-5/h6-7,10,12,18H,8-9,11H2,1-5H3. The molecular formula is C16H26FNO2. The van der Waals surface area contributed by atoms with Crippen LogP contribution < -0.4 is 10.1 Å². The lowest BCUT2D eigenvalue weighted by atomic mass is 10.1. The van der Waals surface area contributed by atoms with Crippen LogP contribution in [-0.4, -0.2) is 25.4 Å². The van der Waals surface area contributed by atoms with E-state index in [-0.39, 0.29) is 11.4 Å². The van der Waals surface area contributed by atoms with Gasteiger partial charge in [0.25, 0.3) is 0 Å². The lowest BCUT2D eigenvalue weighted by molar-refractivity contribution is 0.00536. The topological polar surface area (TPSA) is 30.5 Å². The molecule has 0 aliphatic carbocycles. The minimum atomic E-state index is -0.241. The molecule has 0 saturated heterocycles. The van der Waals surface area contributed by atoms with Crippen LogP contribution >= 0.6 is 0 Å². The number of rotatable bonds is 8. The van der Waals surface area contributed by atoms with Gasteiger partial charge in [-0.05, 0) is 32.0 Å². The highest BCUT2D eigenvalue weighted by molar-refractivity contribution is 5.34. The van der Waals surface area contributed by atoms with Gasteiger partial charge in [0.05, 0.1) is 12.2 Å². The highest BCUT2D eigenvalue weighted by Crippen LogP contribution is 2.21. The van der Waals surface area contributed by atoms with Crippen molar-refractivity contribution >= 4 is 0 Å². The fourth-order valence-electron chi connectivity index (χ4n) is 1.65. The van der Waals surface area contributed by atoms with E-state index >= 15 is 0 Å². The number of benzene rings is 1. The summed E-state index contributed by atoms with van der Waals surface area (Å²) in [5, 5.41) is 3.28. The molecule has 20 heavy (non-hydrogen) atoms. The van der Waals surface area contributed by atoms with Gasteiger partial charge in [-0.15, -0.1) is 0 Å². The van der Waals surface area contributed by atoms with Gasteiger partial charge in [-0.2, -0.15) is 0 Å². The average Bonchev–Trinajstić information content (AvgIpc) is 2.38. The van der Waals surface area contributed by atoms with Crippen molar-refractivity contribution in [1.82, 2.24) is 5.32 Å². The maximum atomic E-state index is 13.3. The first-order valence-electron chi connectivity index (χ1n) is 7.04. The summed E-state index contributed by atoms with van der Waals surface area (Å²) in [5.41, 5.74) is 0.630. The molecule has 4 heteroatoms. The number of methoxy groups -OCH3 is 1. The first-order valence-corrected chi connectivity index (χ1v) is 7.04. The summed E-state index contributed by atoms with van der Waals surface area (Å²) in [4.78, 5) is 0. The highest BCUT2D eigenvalue weighted by Gasteiger charge is 2.16. The van der Waals surface area contributed by atoms with Crippen molar-refractivity contribution in [2.45, 2.75) is 52.3 Å². The van der Waals surface area contributed by atoms with Crippen LogP contribution in [0.25, 0.3) is 0 Å². The zero-order valence-corrected chi connectivity index (χ0v) is 13.1. The molecule has 0 amide bonds. The summed E-state index contributed by atoms with van der Waals surface area (Å²) in [6.07, 6.45) is 0.776. The monoisotopic (exact) mass is 283 g/mol. The summed E-state index contributed by atoms with van der Waals surface area (Å²) in [6, 6.07) is 4.98. The van der Waals surface area contributed by atoms with E-state index in [9.17, 15) is 4.39 Å². The average molecular weight is 283 g/mol. The minimum Gasteiger partial charge on any atom is -0.493 e.